The SMILES string of the molecule is CC1CC(O)C2C3CCCCC3C12C. The van der Waals surface area contributed by atoms with Gasteiger partial charge in [-0.05, 0) is 48.3 Å². The van der Waals surface area contributed by atoms with Gasteiger partial charge in [0.25, 0.3) is 0 Å². The molecule has 3 fully saturated rings. The van der Waals surface area contributed by atoms with Crippen LogP contribution in [0.15, 0.2) is 0 Å². The van der Waals surface area contributed by atoms with Gasteiger partial charge in [-0.15, -0.1) is 0 Å². The van der Waals surface area contributed by atoms with E-state index in [1.165, 1.54) is 25.7 Å². The lowest BCUT2D eigenvalue weighted by atomic mass is 9.43. The van der Waals surface area contributed by atoms with Gasteiger partial charge in [-0.1, -0.05) is 26.7 Å². The zero-order valence-corrected chi connectivity index (χ0v) is 9.37. The molecule has 3 aliphatic rings. The molecule has 80 valence electrons. The Bertz CT molecular complexity index is 250. The van der Waals surface area contributed by atoms with Crippen molar-refractivity contribution in [3.63, 3.8) is 0 Å². The molecule has 14 heavy (non-hydrogen) atoms. The van der Waals surface area contributed by atoms with E-state index in [-0.39, 0.29) is 6.10 Å². The first kappa shape index (κ1) is 9.21. The van der Waals surface area contributed by atoms with Gasteiger partial charge in [0, 0.05) is 0 Å². The van der Waals surface area contributed by atoms with Gasteiger partial charge in [-0.2, -0.15) is 0 Å². The number of hydrogen-bond acceptors (Lipinski definition) is 1. The molecule has 0 aromatic carbocycles. The predicted molar refractivity (Wildman–Crippen MR) is 56.8 cm³/mol. The predicted octanol–water partition coefficient (Wildman–Crippen LogP) is 2.83. The highest BCUT2D eigenvalue weighted by molar-refractivity contribution is 5.14. The fraction of sp³-hybridized carbons (Fsp3) is 1.00. The molecule has 1 nitrogen and oxygen atoms in total. The molecule has 3 aliphatic carbocycles. The Kier molecular flexibility index (Phi) is 1.81. The maximum Gasteiger partial charge on any atom is 0.0579 e. The van der Waals surface area contributed by atoms with Gasteiger partial charge in [0.15, 0.2) is 0 Å². The fourth-order valence-corrected chi connectivity index (χ4v) is 5.11. The Morgan fingerprint density at radius 3 is 2.71 bits per heavy atom. The normalized spacial score (nSPS) is 61.5. The fourth-order valence-electron chi connectivity index (χ4n) is 5.11. The average Bonchev–Trinajstić information content (AvgIpc) is 2.34. The number of hydrogen-bond donors (Lipinski definition) is 1. The molecular weight excluding hydrogens is 172 g/mol. The Hall–Kier alpha value is -0.0400. The van der Waals surface area contributed by atoms with Crippen molar-refractivity contribution < 1.29 is 5.11 Å². The van der Waals surface area contributed by atoms with Crippen molar-refractivity contribution in [2.45, 2.75) is 52.1 Å². The summed E-state index contributed by atoms with van der Waals surface area (Å²) in [5, 5.41) is 10.1. The number of rotatable bonds is 0. The summed E-state index contributed by atoms with van der Waals surface area (Å²) >= 11 is 0. The van der Waals surface area contributed by atoms with Crippen molar-refractivity contribution in [2.24, 2.45) is 29.1 Å². The zero-order chi connectivity index (χ0) is 9.92. The standard InChI is InChI=1S/C13H22O/c1-8-7-11(14)12-9-5-3-4-6-10(9)13(8,12)2/h8-12,14H,3-7H2,1-2H3. The van der Waals surface area contributed by atoms with Crippen LogP contribution in [0.3, 0.4) is 0 Å². The molecule has 0 saturated heterocycles. The summed E-state index contributed by atoms with van der Waals surface area (Å²) in [6.07, 6.45) is 6.77. The van der Waals surface area contributed by atoms with Crippen molar-refractivity contribution in [2.75, 3.05) is 0 Å². The molecule has 0 aromatic heterocycles. The van der Waals surface area contributed by atoms with Crippen molar-refractivity contribution in [3.05, 3.63) is 0 Å². The Balaban J connectivity index is 1.90. The smallest absolute Gasteiger partial charge is 0.0579 e. The molecule has 6 atom stereocenters. The van der Waals surface area contributed by atoms with E-state index < -0.39 is 0 Å². The quantitative estimate of drug-likeness (QED) is 0.628. The number of fused-ring (bicyclic) bond motifs is 4. The molecule has 0 spiro atoms. The van der Waals surface area contributed by atoms with E-state index in [0.29, 0.717) is 11.3 Å². The first-order valence-electron chi connectivity index (χ1n) is 6.33. The van der Waals surface area contributed by atoms with E-state index in [9.17, 15) is 5.11 Å². The lowest BCUT2D eigenvalue weighted by Crippen LogP contribution is -2.58. The minimum atomic E-state index is 0.0225. The summed E-state index contributed by atoms with van der Waals surface area (Å²) in [5.41, 5.74) is 0.504. The zero-order valence-electron chi connectivity index (χ0n) is 9.37. The molecule has 0 aliphatic heterocycles. The van der Waals surface area contributed by atoms with E-state index in [1.54, 1.807) is 0 Å². The summed E-state index contributed by atoms with van der Waals surface area (Å²) in [5.74, 6) is 3.24. The van der Waals surface area contributed by atoms with Gasteiger partial charge in [-0.25, -0.2) is 0 Å². The van der Waals surface area contributed by atoms with Crippen LogP contribution in [0.25, 0.3) is 0 Å². The molecule has 3 saturated carbocycles. The van der Waals surface area contributed by atoms with Gasteiger partial charge in [0.05, 0.1) is 6.10 Å². The van der Waals surface area contributed by atoms with Crippen LogP contribution in [0.1, 0.15) is 46.0 Å². The van der Waals surface area contributed by atoms with Gasteiger partial charge in [0.2, 0.25) is 0 Å². The van der Waals surface area contributed by atoms with Gasteiger partial charge < -0.3 is 5.11 Å². The van der Waals surface area contributed by atoms with E-state index in [0.717, 1.165) is 24.2 Å². The Morgan fingerprint density at radius 1 is 1.21 bits per heavy atom. The van der Waals surface area contributed by atoms with Crippen molar-refractivity contribution in [3.8, 4) is 0 Å². The molecule has 6 unspecified atom stereocenters. The van der Waals surface area contributed by atoms with Crippen LogP contribution in [0.4, 0.5) is 0 Å². The van der Waals surface area contributed by atoms with Crippen LogP contribution >= 0.6 is 0 Å². The second kappa shape index (κ2) is 2.75. The van der Waals surface area contributed by atoms with Crippen LogP contribution in [0.2, 0.25) is 0 Å². The van der Waals surface area contributed by atoms with Crippen LogP contribution in [0.5, 0.6) is 0 Å². The third-order valence-electron chi connectivity index (χ3n) is 5.87. The molecule has 0 bridgehead atoms. The lowest BCUT2D eigenvalue weighted by Gasteiger charge is -2.62. The summed E-state index contributed by atoms with van der Waals surface area (Å²) in [6.45, 7) is 4.80. The van der Waals surface area contributed by atoms with Crippen LogP contribution < -0.4 is 0 Å². The highest BCUT2D eigenvalue weighted by Crippen LogP contribution is 2.70. The highest BCUT2D eigenvalue weighted by atomic mass is 16.3. The molecule has 3 rings (SSSR count). The van der Waals surface area contributed by atoms with Gasteiger partial charge in [-0.3, -0.25) is 0 Å². The molecule has 1 N–H and O–H groups in total. The van der Waals surface area contributed by atoms with Crippen LogP contribution in [-0.2, 0) is 0 Å². The maximum atomic E-state index is 10.1. The second-order valence-corrected chi connectivity index (χ2v) is 6.15. The van der Waals surface area contributed by atoms with Gasteiger partial charge >= 0.3 is 0 Å². The molecule has 1 heteroatoms. The molecular formula is C13H22O. The number of aliphatic hydroxyl groups excluding tert-OH is 1. The summed E-state index contributed by atoms with van der Waals surface area (Å²) in [6, 6.07) is 0. The van der Waals surface area contributed by atoms with Crippen LogP contribution in [-0.4, -0.2) is 11.2 Å². The van der Waals surface area contributed by atoms with Crippen molar-refractivity contribution in [1.82, 2.24) is 0 Å². The minimum Gasteiger partial charge on any atom is -0.393 e. The van der Waals surface area contributed by atoms with E-state index in [1.807, 2.05) is 0 Å². The topological polar surface area (TPSA) is 20.2 Å². The third-order valence-corrected chi connectivity index (χ3v) is 5.87. The first-order valence-corrected chi connectivity index (χ1v) is 6.33. The Labute approximate surface area is 86.9 Å². The van der Waals surface area contributed by atoms with E-state index in [2.05, 4.69) is 13.8 Å². The Morgan fingerprint density at radius 2 is 1.93 bits per heavy atom. The molecule has 0 heterocycles. The lowest BCUT2D eigenvalue weighted by molar-refractivity contribution is -0.158. The second-order valence-electron chi connectivity index (χ2n) is 6.15. The van der Waals surface area contributed by atoms with Gasteiger partial charge in [0.1, 0.15) is 0 Å². The summed E-state index contributed by atoms with van der Waals surface area (Å²) in [7, 11) is 0. The minimum absolute atomic E-state index is 0.0225. The van der Waals surface area contributed by atoms with Crippen molar-refractivity contribution in [1.29, 1.82) is 0 Å². The maximum absolute atomic E-state index is 10.1. The van der Waals surface area contributed by atoms with E-state index in [4.69, 9.17) is 0 Å². The summed E-state index contributed by atoms with van der Waals surface area (Å²) < 4.78 is 0. The monoisotopic (exact) mass is 194 g/mol. The number of aliphatic hydroxyl groups is 1. The van der Waals surface area contributed by atoms with E-state index >= 15 is 0 Å². The van der Waals surface area contributed by atoms with Crippen molar-refractivity contribution >= 4 is 0 Å². The highest BCUT2D eigenvalue weighted by Gasteiger charge is 2.66. The molecule has 0 aromatic rings. The first-order chi connectivity index (χ1) is 6.65. The summed E-state index contributed by atoms with van der Waals surface area (Å²) in [4.78, 5) is 0. The molecule has 0 amide bonds. The largest absolute Gasteiger partial charge is 0.393 e. The average molecular weight is 194 g/mol. The third kappa shape index (κ3) is 0.856. The van der Waals surface area contributed by atoms with Crippen LogP contribution in [0, 0.1) is 29.1 Å². The molecule has 0 radical (unpaired) electrons.